The number of rotatable bonds is 2. The Morgan fingerprint density at radius 1 is 1.29 bits per heavy atom. The average Bonchev–Trinajstić information content (AvgIpc) is 2.29. The Balaban J connectivity index is 2.05. The summed E-state index contributed by atoms with van der Waals surface area (Å²) in [6.45, 7) is 1.79. The van der Waals surface area contributed by atoms with E-state index in [1.165, 1.54) is 6.07 Å². The first-order chi connectivity index (χ1) is 8.05. The van der Waals surface area contributed by atoms with Crippen LogP contribution in [0.1, 0.15) is 18.4 Å². The van der Waals surface area contributed by atoms with Crippen molar-refractivity contribution in [2.24, 2.45) is 0 Å². The Morgan fingerprint density at radius 2 is 2.12 bits per heavy atom. The second kappa shape index (κ2) is 4.96. The van der Waals surface area contributed by atoms with E-state index >= 15 is 0 Å². The van der Waals surface area contributed by atoms with Crippen molar-refractivity contribution in [1.29, 1.82) is 0 Å². The smallest absolute Gasteiger partial charge is 0.381 e. The maximum Gasteiger partial charge on any atom is 0.416 e. The lowest BCUT2D eigenvalue weighted by atomic mass is 10.1. The maximum absolute atomic E-state index is 12.5. The van der Waals surface area contributed by atoms with Crippen molar-refractivity contribution in [1.82, 2.24) is 5.32 Å². The van der Waals surface area contributed by atoms with Gasteiger partial charge in [-0.3, -0.25) is 0 Å². The third-order valence-corrected chi connectivity index (χ3v) is 2.86. The van der Waals surface area contributed by atoms with E-state index in [1.807, 2.05) is 0 Å². The predicted octanol–water partition coefficient (Wildman–Crippen LogP) is 2.87. The quantitative estimate of drug-likeness (QED) is 0.836. The molecule has 1 aliphatic rings. The van der Waals surface area contributed by atoms with Gasteiger partial charge in [0.05, 0.1) is 5.56 Å². The molecule has 94 valence electrons. The van der Waals surface area contributed by atoms with Gasteiger partial charge in [-0.15, -0.1) is 0 Å². The molecule has 2 nitrogen and oxygen atoms in total. The van der Waals surface area contributed by atoms with E-state index in [0.717, 1.165) is 38.1 Å². The van der Waals surface area contributed by atoms with Crippen LogP contribution >= 0.6 is 0 Å². The molecule has 1 saturated heterocycles. The minimum absolute atomic E-state index is 0.215. The van der Waals surface area contributed by atoms with Gasteiger partial charge in [0, 0.05) is 18.3 Å². The number of piperidine rings is 1. The molecule has 0 spiro atoms. The highest BCUT2D eigenvalue weighted by Crippen LogP contribution is 2.30. The van der Waals surface area contributed by atoms with E-state index in [-0.39, 0.29) is 6.04 Å². The molecule has 2 N–H and O–H groups in total. The molecule has 5 heteroatoms. The van der Waals surface area contributed by atoms with Crippen LogP contribution in [0, 0.1) is 0 Å². The molecule has 0 aliphatic carbocycles. The first-order valence-corrected chi connectivity index (χ1v) is 5.70. The largest absolute Gasteiger partial charge is 0.416 e. The number of anilines is 1. The molecule has 0 amide bonds. The van der Waals surface area contributed by atoms with Crippen LogP contribution in [0.4, 0.5) is 18.9 Å². The molecule has 0 unspecified atom stereocenters. The Labute approximate surface area is 98.2 Å². The number of nitrogens with one attached hydrogen (secondary N) is 2. The molecule has 2 rings (SSSR count). The normalized spacial score (nSPS) is 21.2. The Kier molecular flexibility index (Phi) is 3.57. The van der Waals surface area contributed by atoms with Crippen LogP contribution in [0.2, 0.25) is 0 Å². The van der Waals surface area contributed by atoms with Crippen LogP contribution in [-0.4, -0.2) is 19.1 Å². The summed E-state index contributed by atoms with van der Waals surface area (Å²) in [6, 6.07) is 5.57. The second-order valence-electron chi connectivity index (χ2n) is 4.27. The van der Waals surface area contributed by atoms with Gasteiger partial charge >= 0.3 is 6.18 Å². The Morgan fingerprint density at radius 3 is 2.76 bits per heavy atom. The topological polar surface area (TPSA) is 24.1 Å². The zero-order valence-electron chi connectivity index (χ0n) is 9.35. The Hall–Kier alpha value is -1.23. The van der Waals surface area contributed by atoms with Gasteiger partial charge in [-0.2, -0.15) is 13.2 Å². The van der Waals surface area contributed by atoms with Crippen LogP contribution in [0.3, 0.4) is 0 Å². The third kappa shape index (κ3) is 3.36. The summed E-state index contributed by atoms with van der Waals surface area (Å²) < 4.78 is 37.5. The molecular weight excluding hydrogens is 229 g/mol. The fraction of sp³-hybridized carbons (Fsp3) is 0.500. The summed E-state index contributed by atoms with van der Waals surface area (Å²) in [6.07, 6.45) is -2.23. The predicted molar refractivity (Wildman–Crippen MR) is 61.0 cm³/mol. The highest BCUT2D eigenvalue weighted by Gasteiger charge is 2.30. The van der Waals surface area contributed by atoms with Crippen molar-refractivity contribution in [2.45, 2.75) is 25.1 Å². The second-order valence-corrected chi connectivity index (χ2v) is 4.27. The standard InChI is InChI=1S/C12H15F3N2/c13-12(14,15)9-3-1-4-10(7-9)17-11-5-2-6-16-8-11/h1,3-4,7,11,16-17H,2,5-6,8H2/t11-/m1/s1. The molecule has 0 saturated carbocycles. The van der Waals surface area contributed by atoms with Crippen molar-refractivity contribution >= 4 is 5.69 Å². The van der Waals surface area contributed by atoms with Crippen LogP contribution in [0.5, 0.6) is 0 Å². The van der Waals surface area contributed by atoms with Gasteiger partial charge in [0.15, 0.2) is 0 Å². The first-order valence-electron chi connectivity index (χ1n) is 5.70. The fourth-order valence-corrected chi connectivity index (χ4v) is 2.00. The number of alkyl halides is 3. The van der Waals surface area contributed by atoms with Gasteiger partial charge in [-0.25, -0.2) is 0 Å². The summed E-state index contributed by atoms with van der Waals surface area (Å²) >= 11 is 0. The van der Waals surface area contributed by atoms with Crippen LogP contribution in [0.15, 0.2) is 24.3 Å². The van der Waals surface area contributed by atoms with E-state index < -0.39 is 11.7 Å². The summed E-state index contributed by atoms with van der Waals surface area (Å²) in [4.78, 5) is 0. The molecule has 0 bridgehead atoms. The van der Waals surface area contributed by atoms with Gasteiger partial charge in [-0.1, -0.05) is 6.07 Å². The van der Waals surface area contributed by atoms with Crippen molar-refractivity contribution in [2.75, 3.05) is 18.4 Å². The summed E-state index contributed by atoms with van der Waals surface area (Å²) in [5.74, 6) is 0. The molecule has 1 aromatic carbocycles. The molecule has 1 atom stereocenters. The minimum Gasteiger partial charge on any atom is -0.381 e. The molecule has 1 aromatic rings. The van der Waals surface area contributed by atoms with Crippen molar-refractivity contribution in [3.63, 3.8) is 0 Å². The van der Waals surface area contributed by atoms with Crippen LogP contribution in [-0.2, 0) is 6.18 Å². The SMILES string of the molecule is FC(F)(F)c1cccc(N[C@@H]2CCCNC2)c1. The monoisotopic (exact) mass is 244 g/mol. The molecule has 0 aromatic heterocycles. The van der Waals surface area contributed by atoms with Crippen LogP contribution < -0.4 is 10.6 Å². The maximum atomic E-state index is 12.5. The lowest BCUT2D eigenvalue weighted by Gasteiger charge is -2.25. The molecule has 1 aliphatic heterocycles. The number of benzene rings is 1. The highest BCUT2D eigenvalue weighted by molar-refractivity contribution is 5.47. The van der Waals surface area contributed by atoms with E-state index in [0.29, 0.717) is 5.69 Å². The van der Waals surface area contributed by atoms with Crippen molar-refractivity contribution < 1.29 is 13.2 Å². The van der Waals surface area contributed by atoms with Crippen molar-refractivity contribution in [3.05, 3.63) is 29.8 Å². The lowest BCUT2D eigenvalue weighted by molar-refractivity contribution is -0.137. The van der Waals surface area contributed by atoms with Crippen molar-refractivity contribution in [3.8, 4) is 0 Å². The van der Waals surface area contributed by atoms with E-state index in [2.05, 4.69) is 10.6 Å². The lowest BCUT2D eigenvalue weighted by Crippen LogP contribution is -2.38. The van der Waals surface area contributed by atoms with Gasteiger partial charge in [-0.05, 0) is 37.6 Å². The Bertz CT molecular complexity index is 370. The third-order valence-electron chi connectivity index (χ3n) is 2.86. The minimum atomic E-state index is -4.28. The summed E-state index contributed by atoms with van der Waals surface area (Å²) in [5.41, 5.74) is -0.0696. The van der Waals surface area contributed by atoms with Gasteiger partial charge in [0.2, 0.25) is 0 Å². The highest BCUT2D eigenvalue weighted by atomic mass is 19.4. The number of hydrogen-bond acceptors (Lipinski definition) is 2. The molecular formula is C12H15F3N2. The zero-order chi connectivity index (χ0) is 12.3. The average molecular weight is 244 g/mol. The van der Waals surface area contributed by atoms with Gasteiger partial charge in [0.25, 0.3) is 0 Å². The fourth-order valence-electron chi connectivity index (χ4n) is 2.00. The van der Waals surface area contributed by atoms with E-state index in [9.17, 15) is 13.2 Å². The first kappa shape index (κ1) is 12.2. The molecule has 0 radical (unpaired) electrons. The van der Waals surface area contributed by atoms with Gasteiger partial charge in [0.1, 0.15) is 0 Å². The number of halogens is 3. The van der Waals surface area contributed by atoms with E-state index in [1.54, 1.807) is 6.07 Å². The molecule has 1 heterocycles. The summed E-state index contributed by atoms with van der Waals surface area (Å²) in [5, 5.41) is 6.35. The van der Waals surface area contributed by atoms with E-state index in [4.69, 9.17) is 0 Å². The zero-order valence-corrected chi connectivity index (χ0v) is 9.35. The number of hydrogen-bond donors (Lipinski definition) is 2. The van der Waals surface area contributed by atoms with Crippen LogP contribution in [0.25, 0.3) is 0 Å². The molecule has 1 fully saturated rings. The molecule has 17 heavy (non-hydrogen) atoms. The van der Waals surface area contributed by atoms with Gasteiger partial charge < -0.3 is 10.6 Å². The summed E-state index contributed by atoms with van der Waals surface area (Å²) in [7, 11) is 0.